The minimum absolute atomic E-state index is 0.0456. The summed E-state index contributed by atoms with van der Waals surface area (Å²) in [5.41, 5.74) is 3.62. The van der Waals surface area contributed by atoms with Gasteiger partial charge in [0, 0.05) is 34.6 Å². The van der Waals surface area contributed by atoms with E-state index in [1.165, 1.54) is 16.7 Å². The van der Waals surface area contributed by atoms with E-state index in [4.69, 9.17) is 0 Å². The van der Waals surface area contributed by atoms with Gasteiger partial charge >= 0.3 is 0 Å². The zero-order valence-electron chi connectivity index (χ0n) is 27.8. The van der Waals surface area contributed by atoms with Crippen LogP contribution < -0.4 is 0 Å². The van der Waals surface area contributed by atoms with E-state index >= 15 is 9.59 Å². The lowest BCUT2D eigenvalue weighted by Crippen LogP contribution is -2.58. The van der Waals surface area contributed by atoms with E-state index in [2.05, 4.69) is 80.3 Å². The molecule has 2 heterocycles. The standard InChI is InChI=1S/C42H45NO3S/c1-24-8-4-5-11-28(24)36-34-22-47-23-43(34)42(32-13-7-10-25-9-6-12-30(35(25)32)37(42)45)41(36)21-33-29-15-14-26-20-27(44)16-18-39(26,2)31(29)17-19-40(33,3)38(41)46/h4-14,27,29,31,33-34,36,44H,15-23H2,1-3H3/t27-,29+,31-,33-,34-,36?,39-,40-,41?,42?/m0/s1. The Morgan fingerprint density at radius 2 is 1.70 bits per heavy atom. The fourth-order valence-corrected chi connectivity index (χ4v) is 14.6. The van der Waals surface area contributed by atoms with Gasteiger partial charge in [-0.25, -0.2) is 0 Å². The van der Waals surface area contributed by atoms with Gasteiger partial charge in [-0.3, -0.25) is 14.5 Å². The first-order valence-corrected chi connectivity index (χ1v) is 19.2. The molecule has 1 N–H and O–H groups in total. The maximum atomic E-state index is 16.2. The maximum absolute atomic E-state index is 16.2. The first-order valence-electron chi connectivity index (χ1n) is 18.1. The van der Waals surface area contributed by atoms with Crippen molar-refractivity contribution >= 4 is 34.1 Å². The van der Waals surface area contributed by atoms with Crippen molar-refractivity contribution in [2.24, 2.45) is 34.0 Å². The summed E-state index contributed by atoms with van der Waals surface area (Å²) in [5.74, 6) is 3.36. The van der Waals surface area contributed by atoms with E-state index < -0.39 is 16.4 Å². The van der Waals surface area contributed by atoms with Crippen molar-refractivity contribution in [2.45, 2.75) is 89.3 Å². The Morgan fingerprint density at radius 1 is 0.915 bits per heavy atom. The lowest BCUT2D eigenvalue weighted by molar-refractivity contribution is -0.141. The van der Waals surface area contributed by atoms with Gasteiger partial charge < -0.3 is 5.11 Å². The van der Waals surface area contributed by atoms with Crippen LogP contribution in [0.3, 0.4) is 0 Å². The molecule has 3 unspecified atom stereocenters. The molecular formula is C42H45NO3S. The van der Waals surface area contributed by atoms with E-state index in [-0.39, 0.29) is 35.2 Å². The fourth-order valence-electron chi connectivity index (χ4n) is 13.3. The van der Waals surface area contributed by atoms with Crippen LogP contribution >= 0.6 is 11.8 Å². The molecule has 5 heteroatoms. The average Bonchev–Trinajstić information content (AvgIpc) is 3.77. The molecule has 10 rings (SSSR count). The van der Waals surface area contributed by atoms with Crippen LogP contribution in [0.25, 0.3) is 10.8 Å². The number of benzene rings is 3. The first kappa shape index (κ1) is 29.2. The number of aliphatic hydroxyl groups is 1. The number of carbonyl (C=O) groups excluding carboxylic acids is 2. The summed E-state index contributed by atoms with van der Waals surface area (Å²) in [6.45, 7) is 6.99. The number of thioether (sulfide) groups is 1. The highest BCUT2D eigenvalue weighted by Gasteiger charge is 2.82. The normalized spacial score (nSPS) is 43.4. The smallest absolute Gasteiger partial charge is 0.189 e. The molecule has 47 heavy (non-hydrogen) atoms. The van der Waals surface area contributed by atoms with Crippen molar-refractivity contribution in [3.05, 3.63) is 94.6 Å². The summed E-state index contributed by atoms with van der Waals surface area (Å²) < 4.78 is 0. The number of aryl methyl sites for hydroxylation is 1. The van der Waals surface area contributed by atoms with E-state index in [9.17, 15) is 5.11 Å². The Hall–Kier alpha value is -2.73. The third kappa shape index (κ3) is 3.22. The summed E-state index contributed by atoms with van der Waals surface area (Å²) >= 11 is 1.93. The van der Waals surface area contributed by atoms with Gasteiger partial charge in [0.05, 0.1) is 11.5 Å². The second kappa shape index (κ2) is 9.49. The van der Waals surface area contributed by atoms with Crippen LogP contribution in [0.15, 0.2) is 72.3 Å². The van der Waals surface area contributed by atoms with Gasteiger partial charge in [0.15, 0.2) is 5.78 Å². The molecule has 3 aromatic carbocycles. The van der Waals surface area contributed by atoms with Crippen LogP contribution in [-0.2, 0) is 10.3 Å². The summed E-state index contributed by atoms with van der Waals surface area (Å²) in [7, 11) is 0. The summed E-state index contributed by atoms with van der Waals surface area (Å²) in [5, 5.41) is 12.8. The Morgan fingerprint density at radius 3 is 2.53 bits per heavy atom. The van der Waals surface area contributed by atoms with Crippen molar-refractivity contribution < 1.29 is 14.7 Å². The Bertz CT molecular complexity index is 1930. The number of carbonyl (C=O) groups is 2. The Labute approximate surface area is 282 Å². The molecule has 5 aliphatic carbocycles. The zero-order valence-corrected chi connectivity index (χ0v) is 28.6. The molecule has 242 valence electrons. The second-order valence-electron chi connectivity index (χ2n) is 16.7. The van der Waals surface area contributed by atoms with E-state index in [1.54, 1.807) is 0 Å². The topological polar surface area (TPSA) is 57.6 Å². The van der Waals surface area contributed by atoms with Crippen molar-refractivity contribution in [1.29, 1.82) is 0 Å². The molecule has 0 amide bonds. The summed E-state index contributed by atoms with van der Waals surface area (Å²) in [6.07, 6.45) is 8.65. The molecule has 3 aromatic rings. The van der Waals surface area contributed by atoms with E-state index in [1.807, 2.05) is 23.9 Å². The second-order valence-corrected chi connectivity index (χ2v) is 17.7. The van der Waals surface area contributed by atoms with Crippen LogP contribution in [0.4, 0.5) is 0 Å². The molecular weight excluding hydrogens is 599 g/mol. The zero-order chi connectivity index (χ0) is 32.1. The number of hydrogen-bond acceptors (Lipinski definition) is 5. The van der Waals surface area contributed by atoms with Crippen molar-refractivity contribution in [1.82, 2.24) is 4.90 Å². The number of hydrogen-bond donors (Lipinski definition) is 1. The highest BCUT2D eigenvalue weighted by atomic mass is 32.2. The minimum atomic E-state index is -1.00. The first-order chi connectivity index (χ1) is 22.7. The van der Waals surface area contributed by atoms with Crippen LogP contribution in [0.5, 0.6) is 0 Å². The largest absolute Gasteiger partial charge is 0.393 e. The summed E-state index contributed by atoms with van der Waals surface area (Å²) in [4.78, 5) is 34.4. The summed E-state index contributed by atoms with van der Waals surface area (Å²) in [6, 6.07) is 21.6. The Balaban J connectivity index is 1.24. The molecule has 10 atom stereocenters. The number of Topliss-reactive ketones (excluding diaryl/α,β-unsaturated/α-hetero) is 2. The fraction of sp³-hybridized carbons (Fsp3) is 0.524. The predicted octanol–water partition coefficient (Wildman–Crippen LogP) is 8.20. The minimum Gasteiger partial charge on any atom is -0.393 e. The van der Waals surface area contributed by atoms with Gasteiger partial charge in [-0.1, -0.05) is 86.2 Å². The van der Waals surface area contributed by atoms with Crippen molar-refractivity contribution in [3.63, 3.8) is 0 Å². The lowest BCUT2D eigenvalue weighted by Gasteiger charge is -2.56. The van der Waals surface area contributed by atoms with Crippen molar-refractivity contribution in [3.8, 4) is 0 Å². The van der Waals surface area contributed by atoms with E-state index in [0.717, 1.165) is 78.5 Å². The van der Waals surface area contributed by atoms with Crippen LogP contribution in [0.1, 0.15) is 91.8 Å². The average molecular weight is 644 g/mol. The molecule has 2 saturated heterocycles. The molecule has 4 nitrogen and oxygen atoms in total. The maximum Gasteiger partial charge on any atom is 0.189 e. The molecule has 5 fully saturated rings. The van der Waals surface area contributed by atoms with Gasteiger partial charge in [-0.2, -0.15) is 0 Å². The number of ketones is 2. The van der Waals surface area contributed by atoms with Gasteiger partial charge in [-0.05, 0) is 103 Å². The SMILES string of the molecule is Cc1ccccc1C1[C@@H]2CSCN2C2(C(=O)c3cccc4cccc2c34)C12C[C@H]1[C@@H]3CC=C4C[C@@H](O)CC[C@]4(C)[C@H]3CC[C@]1(C)C2=O. The monoisotopic (exact) mass is 643 g/mol. The molecule has 7 aliphatic rings. The van der Waals surface area contributed by atoms with E-state index in [0.29, 0.717) is 17.6 Å². The quantitative estimate of drug-likeness (QED) is 0.271. The predicted molar refractivity (Wildman–Crippen MR) is 187 cm³/mol. The van der Waals surface area contributed by atoms with Gasteiger partial charge in [-0.15, -0.1) is 11.8 Å². The molecule has 2 spiro atoms. The number of nitrogens with zero attached hydrogens (tertiary/aromatic N) is 1. The van der Waals surface area contributed by atoms with Gasteiger partial charge in [0.25, 0.3) is 0 Å². The molecule has 3 saturated carbocycles. The van der Waals surface area contributed by atoms with Gasteiger partial charge in [0.2, 0.25) is 0 Å². The third-order valence-electron chi connectivity index (χ3n) is 15.2. The highest BCUT2D eigenvalue weighted by molar-refractivity contribution is 7.99. The van der Waals surface area contributed by atoms with Crippen LogP contribution in [0.2, 0.25) is 0 Å². The lowest BCUT2D eigenvalue weighted by atomic mass is 9.48. The highest BCUT2D eigenvalue weighted by Crippen LogP contribution is 2.78. The number of aliphatic hydroxyl groups excluding tert-OH is 1. The number of allylic oxidation sites excluding steroid dienone is 1. The van der Waals surface area contributed by atoms with Crippen molar-refractivity contribution in [2.75, 3.05) is 11.6 Å². The third-order valence-corrected chi connectivity index (χ3v) is 16.3. The van der Waals surface area contributed by atoms with Crippen LogP contribution in [-0.4, -0.2) is 45.3 Å². The molecule has 0 bridgehead atoms. The van der Waals surface area contributed by atoms with Crippen LogP contribution in [0, 0.1) is 40.9 Å². The molecule has 2 aliphatic heterocycles. The van der Waals surface area contributed by atoms with Gasteiger partial charge in [0.1, 0.15) is 11.3 Å². The Kier molecular flexibility index (Phi) is 5.90. The number of fused-ring (bicyclic) bond motifs is 9. The number of rotatable bonds is 1. The molecule has 0 radical (unpaired) electrons. The molecule has 0 aromatic heterocycles.